The second kappa shape index (κ2) is 20.5. The van der Waals surface area contributed by atoms with Gasteiger partial charge in [-0.1, -0.05) is 125 Å². The standard InChI is InChI=1S/C58H68N6O10S2/c1-35(2)53(67)73-33-57(11,12)39-27-38(51(65)43(29-39)55(5,6)7)19-18-22-50(37-23-25-45-47(28-37)60-63-59-45)76(71,72)64(61-46-26-24-42(32-48(46)62-64)75(69,70)41-20-16-15-17-21-41)49-31-40(30-44(52(49)66)56(8,9)10)58(13,14)34-74-54(68)36(3)4/h15-17,20-21,23-32,50H,1,3,18-19,22,33-34H2,2,4-14H3,(H2-,59,60,63,65,66)/p+1. The number of hydrogen-bond acceptors (Lipinski definition) is 14. The summed E-state index contributed by atoms with van der Waals surface area (Å²) in [5, 5.41) is 44.2. The number of sulfonamides is 1. The van der Waals surface area contributed by atoms with Crippen LogP contribution in [0, 0.1) is 0 Å². The van der Waals surface area contributed by atoms with Gasteiger partial charge in [-0.15, -0.1) is 0 Å². The Kier molecular flexibility index (Phi) is 15.3. The molecule has 0 saturated carbocycles. The van der Waals surface area contributed by atoms with E-state index in [9.17, 15) is 28.2 Å². The molecule has 2 atom stereocenters. The van der Waals surface area contributed by atoms with Gasteiger partial charge in [-0.25, -0.2) is 18.0 Å². The Morgan fingerprint density at radius 3 is 1.75 bits per heavy atom. The van der Waals surface area contributed by atoms with Crippen molar-refractivity contribution in [3.05, 3.63) is 159 Å². The number of ether oxygens (including phenoxy) is 2. The number of aryl methyl sites for hydroxylation is 1. The molecule has 3 N–H and O–H groups in total. The van der Waals surface area contributed by atoms with E-state index in [1.54, 1.807) is 49.4 Å². The Balaban J connectivity index is 1.46. The predicted molar refractivity (Wildman–Crippen MR) is 292 cm³/mol. The molecular formula is C58H69N6O10S2+. The average molecular weight is 1070 g/mol. The molecule has 0 amide bonds. The van der Waals surface area contributed by atoms with Crippen LogP contribution in [-0.2, 0) is 67.0 Å². The van der Waals surface area contributed by atoms with Crippen molar-refractivity contribution in [2.45, 2.75) is 139 Å². The molecule has 0 spiro atoms. The fraction of sp³-hybridized carbons (Fsp3) is 0.379. The first kappa shape index (κ1) is 56.7. The number of fused-ring (bicyclic) bond motifs is 2. The Morgan fingerprint density at radius 2 is 1.18 bits per heavy atom. The van der Waals surface area contributed by atoms with Crippen molar-refractivity contribution in [1.82, 2.24) is 19.5 Å². The molecule has 0 fully saturated rings. The van der Waals surface area contributed by atoms with E-state index in [-0.39, 0.29) is 75.6 Å². The Morgan fingerprint density at radius 1 is 0.645 bits per heavy atom. The first-order valence-electron chi connectivity index (χ1n) is 25.0. The SMILES string of the molecule is C=C(C)C(=O)OCC(C)(C)c1cc(CCCC(c2ccc3n[nH]nc3c2)S(=O)(=O)[N+]2(c3cc(C(C)(C)COC(=O)C(=C)C)cc(C(C)(C)C)c3O)N=c3ccc(S(=O)(=O)c4ccccc4)cc3=N2)c(O)c(C(C)(C)C)c1. The Labute approximate surface area is 445 Å². The summed E-state index contributed by atoms with van der Waals surface area (Å²) in [6, 6.07) is 23.7. The number of phenols is 2. The maximum absolute atomic E-state index is 16.7. The minimum absolute atomic E-state index is 0.0114. The number of benzene rings is 5. The molecule has 1 aliphatic heterocycles. The molecule has 16 nitrogen and oxygen atoms in total. The van der Waals surface area contributed by atoms with E-state index < -0.39 is 68.6 Å². The molecule has 0 saturated heterocycles. The monoisotopic (exact) mass is 1070 g/mol. The number of quaternary nitrogens is 1. The highest BCUT2D eigenvalue weighted by atomic mass is 32.2. The number of aromatic amines is 1. The van der Waals surface area contributed by atoms with Gasteiger partial charge in [-0.3, -0.25) is 0 Å². The van der Waals surface area contributed by atoms with Crippen molar-refractivity contribution >= 4 is 48.5 Å². The van der Waals surface area contributed by atoms with Crippen LogP contribution in [-0.4, -0.2) is 67.6 Å². The summed E-state index contributed by atoms with van der Waals surface area (Å²) < 4.78 is 71.3. The molecule has 0 radical (unpaired) electrons. The number of aromatic hydroxyl groups is 2. The van der Waals surface area contributed by atoms with Crippen LogP contribution >= 0.6 is 0 Å². The van der Waals surface area contributed by atoms with Crippen LogP contribution in [0.15, 0.2) is 135 Å². The number of sulfone groups is 1. The third kappa shape index (κ3) is 11.1. The second-order valence-electron chi connectivity index (χ2n) is 23.1. The van der Waals surface area contributed by atoms with Crippen molar-refractivity contribution in [1.29, 1.82) is 0 Å². The van der Waals surface area contributed by atoms with Gasteiger partial charge < -0.3 is 19.7 Å². The van der Waals surface area contributed by atoms with Gasteiger partial charge in [0.1, 0.15) is 35.2 Å². The largest absolute Gasteiger partial charge is 0.507 e. The smallest absolute Gasteiger partial charge is 0.358 e. The zero-order valence-electron chi connectivity index (χ0n) is 45.4. The maximum Gasteiger partial charge on any atom is 0.358 e. The third-order valence-corrected chi connectivity index (χ3v) is 17.8. The van der Waals surface area contributed by atoms with Gasteiger partial charge in [0.05, 0.1) is 13.9 Å². The van der Waals surface area contributed by atoms with Crippen LogP contribution < -0.4 is 14.8 Å². The third-order valence-electron chi connectivity index (χ3n) is 13.7. The molecule has 76 heavy (non-hydrogen) atoms. The quantitative estimate of drug-likeness (QED) is 0.0415. The number of phenolic OH excluding ortho intramolecular Hbond substituents is 2. The van der Waals surface area contributed by atoms with Gasteiger partial charge in [0.2, 0.25) is 15.5 Å². The number of carbonyl (C=O) groups excluding carboxylic acids is 2. The van der Waals surface area contributed by atoms with Crippen LogP contribution in [0.3, 0.4) is 0 Å². The molecule has 5 aromatic carbocycles. The summed E-state index contributed by atoms with van der Waals surface area (Å²) in [4.78, 5) is 25.1. The van der Waals surface area contributed by atoms with E-state index in [0.29, 0.717) is 38.9 Å². The Bertz CT molecular complexity index is 3670. The summed E-state index contributed by atoms with van der Waals surface area (Å²) in [5.41, 5.74) is 1.03. The van der Waals surface area contributed by atoms with Gasteiger partial charge >= 0.3 is 22.0 Å². The summed E-state index contributed by atoms with van der Waals surface area (Å²) in [5.74, 6) is -1.53. The zero-order valence-corrected chi connectivity index (χ0v) is 47.0. The van der Waals surface area contributed by atoms with Crippen LogP contribution in [0.25, 0.3) is 11.0 Å². The lowest BCUT2D eigenvalue weighted by Gasteiger charge is -2.32. The van der Waals surface area contributed by atoms with Gasteiger partial charge in [-0.05, 0) is 124 Å². The van der Waals surface area contributed by atoms with Gasteiger partial charge in [0, 0.05) is 33.6 Å². The molecule has 7 rings (SSSR count). The van der Waals surface area contributed by atoms with Gasteiger partial charge in [0.25, 0.3) is 0 Å². The van der Waals surface area contributed by atoms with Crippen molar-refractivity contribution < 1.29 is 46.1 Å². The fourth-order valence-electron chi connectivity index (χ4n) is 9.00. The molecule has 0 bridgehead atoms. The number of aromatic nitrogens is 3. The van der Waals surface area contributed by atoms with Crippen molar-refractivity contribution in [2.24, 2.45) is 10.2 Å². The van der Waals surface area contributed by atoms with Crippen LogP contribution in [0.4, 0.5) is 5.69 Å². The number of nitrogens with zero attached hydrogens (tertiary/aromatic N) is 5. The second-order valence-corrected chi connectivity index (χ2v) is 27.1. The molecular weight excluding hydrogens is 1000 g/mol. The predicted octanol–water partition coefficient (Wildman–Crippen LogP) is 9.77. The van der Waals surface area contributed by atoms with E-state index >= 15 is 8.42 Å². The zero-order chi connectivity index (χ0) is 56.1. The van der Waals surface area contributed by atoms with Crippen molar-refractivity contribution in [3.63, 3.8) is 0 Å². The van der Waals surface area contributed by atoms with E-state index in [1.165, 1.54) is 43.3 Å². The molecule has 2 heterocycles. The van der Waals surface area contributed by atoms with Crippen LogP contribution in [0.2, 0.25) is 0 Å². The number of nitrogens with one attached hydrogen (secondary N) is 1. The van der Waals surface area contributed by atoms with E-state index in [2.05, 4.69) is 28.6 Å². The minimum Gasteiger partial charge on any atom is -0.507 e. The minimum atomic E-state index is -5.00. The number of hydrogen-bond donors (Lipinski definition) is 3. The maximum atomic E-state index is 16.7. The van der Waals surface area contributed by atoms with E-state index in [0.717, 1.165) is 5.56 Å². The molecule has 402 valence electrons. The lowest BCUT2D eigenvalue weighted by Crippen LogP contribution is -2.47. The highest BCUT2D eigenvalue weighted by Gasteiger charge is 2.56. The Hall–Kier alpha value is -7.02. The molecule has 2 unspecified atom stereocenters. The summed E-state index contributed by atoms with van der Waals surface area (Å²) in [7, 11) is -9.15. The lowest BCUT2D eigenvalue weighted by atomic mass is 9.78. The van der Waals surface area contributed by atoms with Crippen LogP contribution in [0.5, 0.6) is 11.5 Å². The first-order valence-corrected chi connectivity index (χ1v) is 27.9. The number of carbonyl (C=O) groups is 2. The van der Waals surface area contributed by atoms with Crippen molar-refractivity contribution in [3.8, 4) is 11.5 Å². The summed E-state index contributed by atoms with van der Waals surface area (Å²) >= 11 is 0. The highest BCUT2D eigenvalue weighted by Crippen LogP contribution is 2.50. The molecule has 1 aliphatic rings. The first-order chi connectivity index (χ1) is 35.2. The van der Waals surface area contributed by atoms with Gasteiger partial charge in [0.15, 0.2) is 16.5 Å². The summed E-state index contributed by atoms with van der Waals surface area (Å²) in [6.07, 6.45) is 0.257. The normalized spacial score (nSPS) is 15.6. The molecule has 18 heteroatoms. The average Bonchev–Trinajstić information content (AvgIpc) is 4.00. The molecule has 0 aliphatic carbocycles. The molecule has 6 aromatic rings. The van der Waals surface area contributed by atoms with Gasteiger partial charge in [-0.2, -0.15) is 23.8 Å². The number of esters is 2. The van der Waals surface area contributed by atoms with E-state index in [1.807, 2.05) is 81.4 Å². The number of rotatable bonds is 18. The van der Waals surface area contributed by atoms with Crippen LogP contribution in [0.1, 0.15) is 135 Å². The highest BCUT2D eigenvalue weighted by molar-refractivity contribution is 7.91. The topological polar surface area (TPSA) is 228 Å². The fourth-order valence-corrected chi connectivity index (χ4v) is 12.4. The molecule has 1 aromatic heterocycles. The lowest BCUT2D eigenvalue weighted by molar-refractivity contribution is -0.141. The van der Waals surface area contributed by atoms with Crippen molar-refractivity contribution in [2.75, 3.05) is 13.2 Å². The summed E-state index contributed by atoms with van der Waals surface area (Å²) in [6.45, 7) is 29.4. The number of H-pyrrole nitrogens is 1. The van der Waals surface area contributed by atoms with E-state index in [4.69, 9.17) is 19.7 Å².